The molecule has 0 saturated carbocycles. The first-order valence-corrected chi connectivity index (χ1v) is 7.11. The van der Waals surface area contributed by atoms with E-state index in [0.717, 1.165) is 24.4 Å². The lowest BCUT2D eigenvalue weighted by Crippen LogP contribution is -2.33. The quantitative estimate of drug-likeness (QED) is 0.687. The number of nitrogens with one attached hydrogen (secondary N) is 1. The Hall–Kier alpha value is -0.810. The number of benzene rings is 1. The number of hydrogen-bond acceptors (Lipinski definition) is 4. The molecule has 0 aliphatic rings. The van der Waals surface area contributed by atoms with E-state index in [1.807, 2.05) is 19.1 Å². The molecule has 5 heteroatoms. The second-order valence-electron chi connectivity index (χ2n) is 5.12. The largest absolute Gasteiger partial charge is 0.496 e. The number of ether oxygens (including phenoxy) is 2. The summed E-state index contributed by atoms with van der Waals surface area (Å²) in [5, 5.41) is 14.3. The van der Waals surface area contributed by atoms with Crippen molar-refractivity contribution in [2.45, 2.75) is 25.4 Å². The highest BCUT2D eigenvalue weighted by Gasteiger charge is 2.22. The third kappa shape index (κ3) is 6.09. The van der Waals surface area contributed by atoms with Crippen LogP contribution in [0.25, 0.3) is 0 Å². The molecule has 1 aromatic carbocycles. The third-order valence-electron chi connectivity index (χ3n) is 3.14. The van der Waals surface area contributed by atoms with E-state index in [1.54, 1.807) is 20.3 Å². The highest BCUT2D eigenvalue weighted by molar-refractivity contribution is 6.30. The van der Waals surface area contributed by atoms with Crippen molar-refractivity contribution in [2.75, 3.05) is 33.9 Å². The molecule has 114 valence electrons. The van der Waals surface area contributed by atoms with Crippen molar-refractivity contribution in [2.24, 2.45) is 0 Å². The average molecular weight is 302 g/mol. The lowest BCUT2D eigenvalue weighted by molar-refractivity contribution is 0.0504. The van der Waals surface area contributed by atoms with Crippen LogP contribution in [0.3, 0.4) is 0 Å². The Balaban J connectivity index is 2.54. The fourth-order valence-corrected chi connectivity index (χ4v) is 2.24. The van der Waals surface area contributed by atoms with E-state index in [1.165, 1.54) is 0 Å². The Bertz CT molecular complexity index is 410. The summed E-state index contributed by atoms with van der Waals surface area (Å²) >= 11 is 6.00. The monoisotopic (exact) mass is 301 g/mol. The van der Waals surface area contributed by atoms with Crippen molar-refractivity contribution in [3.05, 3.63) is 28.8 Å². The van der Waals surface area contributed by atoms with Crippen LogP contribution < -0.4 is 10.1 Å². The minimum Gasteiger partial charge on any atom is -0.496 e. The molecule has 2 N–H and O–H groups in total. The normalized spacial score (nSPS) is 14.1. The van der Waals surface area contributed by atoms with E-state index in [-0.39, 0.29) is 0 Å². The van der Waals surface area contributed by atoms with E-state index in [0.29, 0.717) is 24.5 Å². The van der Waals surface area contributed by atoms with Gasteiger partial charge in [-0.25, -0.2) is 0 Å². The lowest BCUT2D eigenvalue weighted by atomic mass is 9.92. The van der Waals surface area contributed by atoms with Crippen LogP contribution in [0, 0.1) is 0 Å². The first kappa shape index (κ1) is 17.2. The second kappa shape index (κ2) is 8.47. The molecule has 1 rings (SSSR count). The molecule has 20 heavy (non-hydrogen) atoms. The highest BCUT2D eigenvalue weighted by atomic mass is 35.5. The predicted molar refractivity (Wildman–Crippen MR) is 81.7 cm³/mol. The van der Waals surface area contributed by atoms with Gasteiger partial charge in [-0.2, -0.15) is 0 Å². The maximum absolute atomic E-state index is 10.5. The maximum atomic E-state index is 10.5. The number of hydrogen-bond donors (Lipinski definition) is 2. The molecule has 0 aliphatic carbocycles. The standard InChI is InChI=1S/C15H24ClNO3/c1-15(18,6-7-17-8-9-19-2)11-12-10-13(16)4-5-14(12)20-3/h4-5,10,17-18H,6-9,11H2,1-3H3. The fourth-order valence-electron chi connectivity index (χ4n) is 2.04. The third-order valence-corrected chi connectivity index (χ3v) is 3.37. The summed E-state index contributed by atoms with van der Waals surface area (Å²) in [6, 6.07) is 5.45. The van der Waals surface area contributed by atoms with Crippen molar-refractivity contribution in [1.29, 1.82) is 0 Å². The van der Waals surface area contributed by atoms with Gasteiger partial charge in [0.25, 0.3) is 0 Å². The summed E-state index contributed by atoms with van der Waals surface area (Å²) in [6.45, 7) is 4.02. The molecule has 1 atom stereocenters. The summed E-state index contributed by atoms with van der Waals surface area (Å²) in [4.78, 5) is 0. The number of aliphatic hydroxyl groups is 1. The molecule has 0 spiro atoms. The molecular formula is C15H24ClNO3. The summed E-state index contributed by atoms with van der Waals surface area (Å²) in [7, 11) is 3.29. The van der Waals surface area contributed by atoms with E-state index in [4.69, 9.17) is 21.1 Å². The minimum atomic E-state index is -0.808. The van der Waals surface area contributed by atoms with Crippen LogP contribution >= 0.6 is 11.6 Å². The van der Waals surface area contributed by atoms with Gasteiger partial charge in [-0.05, 0) is 43.7 Å². The van der Waals surface area contributed by atoms with Gasteiger partial charge in [0.1, 0.15) is 5.75 Å². The zero-order chi connectivity index (χ0) is 15.0. The molecule has 0 amide bonds. The van der Waals surface area contributed by atoms with Crippen molar-refractivity contribution in [3.8, 4) is 5.75 Å². The van der Waals surface area contributed by atoms with Gasteiger partial charge in [0.2, 0.25) is 0 Å². The molecule has 1 unspecified atom stereocenters. The molecule has 0 aromatic heterocycles. The zero-order valence-electron chi connectivity index (χ0n) is 12.4. The summed E-state index contributed by atoms with van der Waals surface area (Å²) in [5.74, 6) is 0.752. The van der Waals surface area contributed by atoms with Crippen molar-refractivity contribution < 1.29 is 14.6 Å². The second-order valence-corrected chi connectivity index (χ2v) is 5.56. The molecular weight excluding hydrogens is 278 g/mol. The Kier molecular flexibility index (Phi) is 7.30. The van der Waals surface area contributed by atoms with Crippen LogP contribution in [0.1, 0.15) is 18.9 Å². The van der Waals surface area contributed by atoms with Gasteiger partial charge in [0.05, 0.1) is 19.3 Å². The first-order chi connectivity index (χ1) is 9.48. The number of rotatable bonds is 9. The molecule has 0 bridgehead atoms. The highest BCUT2D eigenvalue weighted by Crippen LogP contribution is 2.27. The predicted octanol–water partition coefficient (Wildman–Crippen LogP) is 2.27. The molecule has 0 heterocycles. The van der Waals surface area contributed by atoms with Gasteiger partial charge < -0.3 is 19.9 Å². The minimum absolute atomic E-state index is 0.503. The lowest BCUT2D eigenvalue weighted by Gasteiger charge is -2.24. The van der Waals surface area contributed by atoms with Gasteiger partial charge in [0, 0.05) is 25.1 Å². The molecule has 0 radical (unpaired) electrons. The van der Waals surface area contributed by atoms with Crippen LogP contribution in [0.5, 0.6) is 5.75 Å². The first-order valence-electron chi connectivity index (χ1n) is 6.73. The van der Waals surface area contributed by atoms with Crippen LogP contribution in [0.4, 0.5) is 0 Å². The number of methoxy groups -OCH3 is 2. The van der Waals surface area contributed by atoms with Crippen LogP contribution in [0.2, 0.25) is 5.02 Å². The van der Waals surface area contributed by atoms with E-state index in [2.05, 4.69) is 5.32 Å². The summed E-state index contributed by atoms with van der Waals surface area (Å²) < 4.78 is 10.3. The van der Waals surface area contributed by atoms with Crippen molar-refractivity contribution >= 4 is 11.6 Å². The summed E-state index contributed by atoms with van der Waals surface area (Å²) in [5.41, 5.74) is 0.111. The van der Waals surface area contributed by atoms with Crippen LogP contribution in [-0.4, -0.2) is 44.6 Å². The van der Waals surface area contributed by atoms with Gasteiger partial charge in [-0.3, -0.25) is 0 Å². The maximum Gasteiger partial charge on any atom is 0.122 e. The Morgan fingerprint density at radius 3 is 2.70 bits per heavy atom. The zero-order valence-corrected chi connectivity index (χ0v) is 13.2. The van der Waals surface area contributed by atoms with E-state index >= 15 is 0 Å². The van der Waals surface area contributed by atoms with Crippen molar-refractivity contribution in [1.82, 2.24) is 5.32 Å². The molecule has 0 saturated heterocycles. The smallest absolute Gasteiger partial charge is 0.122 e. The van der Waals surface area contributed by atoms with E-state index < -0.39 is 5.60 Å². The average Bonchev–Trinajstić information content (AvgIpc) is 2.38. The topological polar surface area (TPSA) is 50.7 Å². The SMILES string of the molecule is COCCNCCC(C)(O)Cc1cc(Cl)ccc1OC. The van der Waals surface area contributed by atoms with Gasteiger partial charge >= 0.3 is 0 Å². The van der Waals surface area contributed by atoms with Gasteiger partial charge in [-0.1, -0.05) is 11.6 Å². The molecule has 4 nitrogen and oxygen atoms in total. The van der Waals surface area contributed by atoms with Gasteiger partial charge in [0.15, 0.2) is 0 Å². The summed E-state index contributed by atoms with van der Waals surface area (Å²) in [6.07, 6.45) is 1.15. The van der Waals surface area contributed by atoms with E-state index in [9.17, 15) is 5.11 Å². The van der Waals surface area contributed by atoms with Crippen molar-refractivity contribution in [3.63, 3.8) is 0 Å². The van der Waals surface area contributed by atoms with Crippen LogP contribution in [0.15, 0.2) is 18.2 Å². The Morgan fingerprint density at radius 1 is 1.30 bits per heavy atom. The molecule has 0 aliphatic heterocycles. The Morgan fingerprint density at radius 2 is 2.05 bits per heavy atom. The molecule has 1 aromatic rings. The fraction of sp³-hybridized carbons (Fsp3) is 0.600. The number of halogens is 1. The van der Waals surface area contributed by atoms with Crippen LogP contribution in [-0.2, 0) is 11.2 Å². The molecule has 0 fully saturated rings. The Labute approximate surface area is 126 Å². The van der Waals surface area contributed by atoms with Gasteiger partial charge in [-0.15, -0.1) is 0 Å².